The van der Waals surface area contributed by atoms with Crippen LogP contribution in [0.5, 0.6) is 0 Å². The highest BCUT2D eigenvalue weighted by atomic mass is 32.1. The Labute approximate surface area is 176 Å². The predicted octanol–water partition coefficient (Wildman–Crippen LogP) is 3.70. The molecule has 1 amide bonds. The summed E-state index contributed by atoms with van der Waals surface area (Å²) < 4.78 is 0. The molecule has 7 nitrogen and oxygen atoms in total. The molecule has 2 N–H and O–H groups in total. The van der Waals surface area contributed by atoms with Crippen molar-refractivity contribution in [3.8, 4) is 22.1 Å². The van der Waals surface area contributed by atoms with Crippen LogP contribution in [-0.2, 0) is 17.6 Å². The van der Waals surface area contributed by atoms with E-state index in [-0.39, 0.29) is 17.9 Å². The lowest BCUT2D eigenvalue weighted by atomic mass is 10.1. The maximum absolute atomic E-state index is 12.5. The average Bonchev–Trinajstić information content (AvgIpc) is 3.22. The van der Waals surface area contributed by atoms with Crippen molar-refractivity contribution in [3.63, 3.8) is 0 Å². The van der Waals surface area contributed by atoms with Gasteiger partial charge in [0.2, 0.25) is 5.91 Å². The normalized spacial score (nSPS) is 10.7. The third kappa shape index (κ3) is 4.66. The van der Waals surface area contributed by atoms with E-state index in [9.17, 15) is 9.59 Å². The van der Waals surface area contributed by atoms with Crippen LogP contribution in [0, 0.1) is 0 Å². The fourth-order valence-electron chi connectivity index (χ4n) is 2.93. The van der Waals surface area contributed by atoms with Crippen LogP contribution in [0.25, 0.3) is 22.1 Å². The van der Waals surface area contributed by atoms with Crippen LogP contribution >= 0.6 is 11.3 Å². The summed E-state index contributed by atoms with van der Waals surface area (Å²) in [6.07, 6.45) is 2.55. The quantitative estimate of drug-likeness (QED) is 0.498. The van der Waals surface area contributed by atoms with Crippen molar-refractivity contribution in [1.29, 1.82) is 0 Å². The van der Waals surface area contributed by atoms with Gasteiger partial charge in [-0.05, 0) is 30.7 Å². The number of nitrogens with one attached hydrogen (secondary N) is 2. The van der Waals surface area contributed by atoms with Gasteiger partial charge in [-0.3, -0.25) is 14.6 Å². The fraction of sp³-hybridized carbons (Fsp3) is 0.136. The van der Waals surface area contributed by atoms with Gasteiger partial charge in [0.15, 0.2) is 0 Å². The number of H-pyrrole nitrogens is 1. The van der Waals surface area contributed by atoms with Crippen LogP contribution in [0.3, 0.4) is 0 Å². The molecule has 0 aliphatic carbocycles. The minimum absolute atomic E-state index is 0.161. The molecule has 0 saturated carbocycles. The van der Waals surface area contributed by atoms with Crippen LogP contribution in [0.15, 0.2) is 64.9 Å². The lowest BCUT2D eigenvalue weighted by Crippen LogP contribution is -2.15. The zero-order valence-electron chi connectivity index (χ0n) is 16.3. The van der Waals surface area contributed by atoms with Crippen molar-refractivity contribution >= 4 is 22.9 Å². The highest BCUT2D eigenvalue weighted by Gasteiger charge is 2.11. The van der Waals surface area contributed by atoms with Gasteiger partial charge in [-0.1, -0.05) is 25.1 Å². The van der Waals surface area contributed by atoms with Gasteiger partial charge in [-0.15, -0.1) is 11.3 Å². The number of pyridine rings is 1. The molecular weight excluding hydrogens is 398 g/mol. The number of carbonyl (C=O) groups is 1. The maximum atomic E-state index is 12.5. The third-order valence-electron chi connectivity index (χ3n) is 4.35. The molecule has 1 aromatic carbocycles. The summed E-state index contributed by atoms with van der Waals surface area (Å²) in [6, 6.07) is 14.4. The molecule has 150 valence electrons. The number of anilines is 1. The van der Waals surface area contributed by atoms with Gasteiger partial charge >= 0.3 is 0 Å². The van der Waals surface area contributed by atoms with E-state index >= 15 is 0 Å². The molecule has 0 aliphatic rings. The topological polar surface area (TPSA) is 101 Å². The van der Waals surface area contributed by atoms with Crippen molar-refractivity contribution < 1.29 is 4.79 Å². The Balaban J connectivity index is 1.47. The lowest BCUT2D eigenvalue weighted by Gasteiger charge is -2.07. The molecule has 0 aliphatic heterocycles. The van der Waals surface area contributed by atoms with E-state index in [1.165, 1.54) is 17.4 Å². The van der Waals surface area contributed by atoms with Gasteiger partial charge in [0.05, 0.1) is 17.8 Å². The highest BCUT2D eigenvalue weighted by molar-refractivity contribution is 7.13. The third-order valence-corrected chi connectivity index (χ3v) is 5.27. The number of aromatic nitrogens is 4. The van der Waals surface area contributed by atoms with Crippen molar-refractivity contribution in [2.24, 2.45) is 0 Å². The Hall–Kier alpha value is -3.65. The first kappa shape index (κ1) is 19.7. The summed E-state index contributed by atoms with van der Waals surface area (Å²) in [7, 11) is 0. The molecule has 30 heavy (non-hydrogen) atoms. The van der Waals surface area contributed by atoms with E-state index in [0.29, 0.717) is 23.6 Å². The molecule has 0 atom stereocenters. The summed E-state index contributed by atoms with van der Waals surface area (Å²) in [5, 5.41) is 5.53. The second-order valence-electron chi connectivity index (χ2n) is 6.60. The number of carbonyl (C=O) groups excluding carboxylic acids is 1. The number of aromatic amines is 1. The lowest BCUT2D eigenvalue weighted by molar-refractivity contribution is -0.115. The van der Waals surface area contributed by atoms with E-state index in [4.69, 9.17) is 0 Å². The van der Waals surface area contributed by atoms with E-state index in [2.05, 4.69) is 25.3 Å². The molecule has 0 saturated heterocycles. The SMILES string of the molecule is CCc1cc(=O)[nH]c(-c2cccc(NC(=O)Cc3csc(-c4ccccn4)n3)c2)n1. The molecular formula is C22H19N5O2S. The van der Waals surface area contributed by atoms with Crippen LogP contribution in [0.1, 0.15) is 18.3 Å². The standard InChI is InChI=1S/C22H19N5O2S/c1-2-15-11-20(29)27-21(25-15)14-6-5-7-16(10-14)24-19(28)12-17-13-30-22(26-17)18-8-3-4-9-23-18/h3-11,13H,2,12H2,1H3,(H,24,28)(H,25,27,29). The Morgan fingerprint density at radius 2 is 2.00 bits per heavy atom. The highest BCUT2D eigenvalue weighted by Crippen LogP contribution is 2.22. The number of benzene rings is 1. The second kappa shape index (κ2) is 8.79. The number of nitrogens with zero attached hydrogens (tertiary/aromatic N) is 3. The van der Waals surface area contributed by atoms with Crippen LogP contribution in [-0.4, -0.2) is 25.8 Å². The molecule has 0 spiro atoms. The zero-order chi connectivity index (χ0) is 20.9. The molecule has 4 rings (SSSR count). The number of aryl methyl sites for hydroxylation is 1. The van der Waals surface area contributed by atoms with Gasteiger partial charge < -0.3 is 10.3 Å². The second-order valence-corrected chi connectivity index (χ2v) is 7.46. The monoisotopic (exact) mass is 417 g/mol. The average molecular weight is 417 g/mol. The number of thiazole rings is 1. The minimum Gasteiger partial charge on any atom is -0.326 e. The zero-order valence-corrected chi connectivity index (χ0v) is 17.1. The Bertz CT molecular complexity index is 1230. The molecule has 3 aromatic heterocycles. The molecule has 4 aromatic rings. The molecule has 8 heteroatoms. The Morgan fingerprint density at radius 3 is 2.80 bits per heavy atom. The predicted molar refractivity (Wildman–Crippen MR) is 117 cm³/mol. The van der Waals surface area contributed by atoms with E-state index in [0.717, 1.165) is 22.0 Å². The summed E-state index contributed by atoms with van der Waals surface area (Å²) in [5.41, 5.74) is 3.36. The largest absolute Gasteiger partial charge is 0.326 e. The van der Waals surface area contributed by atoms with Gasteiger partial charge in [-0.25, -0.2) is 9.97 Å². The van der Waals surface area contributed by atoms with E-state index in [1.807, 2.05) is 42.6 Å². The summed E-state index contributed by atoms with van der Waals surface area (Å²) in [6.45, 7) is 1.94. The minimum atomic E-state index is -0.196. The van der Waals surface area contributed by atoms with Gasteiger partial charge in [0.1, 0.15) is 10.8 Å². The van der Waals surface area contributed by atoms with Crippen LogP contribution in [0.2, 0.25) is 0 Å². The van der Waals surface area contributed by atoms with E-state index in [1.54, 1.807) is 18.3 Å². The molecule has 3 heterocycles. The van der Waals surface area contributed by atoms with Gasteiger partial charge in [-0.2, -0.15) is 0 Å². The smallest absolute Gasteiger partial charge is 0.251 e. The number of rotatable bonds is 6. The fourth-order valence-corrected chi connectivity index (χ4v) is 3.73. The summed E-state index contributed by atoms with van der Waals surface area (Å²) in [5.74, 6) is 0.309. The first-order valence-electron chi connectivity index (χ1n) is 9.47. The number of hydrogen-bond acceptors (Lipinski definition) is 6. The van der Waals surface area contributed by atoms with Crippen LogP contribution in [0.4, 0.5) is 5.69 Å². The van der Waals surface area contributed by atoms with Crippen LogP contribution < -0.4 is 10.9 Å². The number of hydrogen-bond donors (Lipinski definition) is 2. The molecule has 0 bridgehead atoms. The summed E-state index contributed by atoms with van der Waals surface area (Å²) >= 11 is 1.46. The van der Waals surface area contributed by atoms with Gasteiger partial charge in [0.25, 0.3) is 5.56 Å². The first-order chi connectivity index (χ1) is 14.6. The Kier molecular flexibility index (Phi) is 5.76. The first-order valence-corrected chi connectivity index (χ1v) is 10.3. The van der Waals surface area contributed by atoms with E-state index < -0.39 is 0 Å². The Morgan fingerprint density at radius 1 is 1.10 bits per heavy atom. The van der Waals surface area contributed by atoms with Crippen molar-refractivity contribution in [2.75, 3.05) is 5.32 Å². The molecule has 0 fully saturated rings. The molecule has 0 unspecified atom stereocenters. The maximum Gasteiger partial charge on any atom is 0.251 e. The van der Waals surface area contributed by atoms with Crippen molar-refractivity contribution in [2.45, 2.75) is 19.8 Å². The number of amides is 1. The van der Waals surface area contributed by atoms with Crippen molar-refractivity contribution in [1.82, 2.24) is 19.9 Å². The molecule has 0 radical (unpaired) electrons. The summed E-state index contributed by atoms with van der Waals surface area (Å²) in [4.78, 5) is 40.3. The van der Waals surface area contributed by atoms with Crippen molar-refractivity contribution in [3.05, 3.63) is 81.8 Å². The van der Waals surface area contributed by atoms with Gasteiger partial charge in [0, 0.05) is 34.6 Å².